The minimum atomic E-state index is 0.449. The van der Waals surface area contributed by atoms with E-state index in [4.69, 9.17) is 9.88 Å². The van der Waals surface area contributed by atoms with Crippen molar-refractivity contribution >= 4 is 11.9 Å². The summed E-state index contributed by atoms with van der Waals surface area (Å²) in [5, 5.41) is 5.24. The van der Waals surface area contributed by atoms with Crippen molar-refractivity contribution in [3.05, 3.63) is 0 Å². The van der Waals surface area contributed by atoms with Gasteiger partial charge in [-0.15, -0.1) is 0 Å². The van der Waals surface area contributed by atoms with Crippen LogP contribution in [-0.4, -0.2) is 18.5 Å². The molecule has 1 heterocycles. The van der Waals surface area contributed by atoms with Crippen LogP contribution in [0.5, 0.6) is 0 Å². The lowest BCUT2D eigenvalue weighted by Gasteiger charge is -2.03. The molecule has 0 aliphatic carbocycles. The Morgan fingerprint density at radius 3 is 3.12 bits per heavy atom. The van der Waals surface area contributed by atoms with Gasteiger partial charge in [-0.05, 0) is 12.8 Å². The molecule has 1 rings (SSSR count). The lowest BCUT2D eigenvalue weighted by atomic mass is 10.3. The summed E-state index contributed by atoms with van der Waals surface area (Å²) in [7, 11) is 0. The van der Waals surface area contributed by atoms with Gasteiger partial charge >= 0.3 is 0 Å². The Hall–Kier alpha value is 0.270. The monoisotopic (exact) mass is 133 g/mol. The Labute approximate surface area is 53.9 Å². The summed E-state index contributed by atoms with van der Waals surface area (Å²) in [5.41, 5.74) is 0. The third-order valence-electron chi connectivity index (χ3n) is 1.31. The van der Waals surface area contributed by atoms with Crippen molar-refractivity contribution in [3.8, 4) is 0 Å². The van der Waals surface area contributed by atoms with E-state index >= 15 is 0 Å². The Balaban J connectivity index is 2.06. The molecule has 0 amide bonds. The highest BCUT2D eigenvalue weighted by Crippen LogP contribution is 2.13. The van der Waals surface area contributed by atoms with E-state index in [1.165, 1.54) is 24.8 Å². The summed E-state index contributed by atoms with van der Waals surface area (Å²) in [6, 6.07) is 0. The maximum absolute atomic E-state index is 5.29. The molecule has 1 aliphatic heterocycles. The van der Waals surface area contributed by atoms with Gasteiger partial charge in [0.2, 0.25) is 0 Å². The van der Waals surface area contributed by atoms with Crippen molar-refractivity contribution in [1.82, 2.24) is 0 Å². The van der Waals surface area contributed by atoms with Crippen LogP contribution in [0.15, 0.2) is 0 Å². The molecule has 1 aliphatic rings. The van der Waals surface area contributed by atoms with E-state index in [9.17, 15) is 0 Å². The summed E-state index contributed by atoms with van der Waals surface area (Å²) in [6.45, 7) is 0.936. The molecule has 2 N–H and O–H groups in total. The lowest BCUT2D eigenvalue weighted by molar-refractivity contribution is 0.129. The molecule has 0 spiro atoms. The van der Waals surface area contributed by atoms with Crippen LogP contribution in [0.2, 0.25) is 0 Å². The summed E-state index contributed by atoms with van der Waals surface area (Å²) < 4.78 is 5.29. The maximum atomic E-state index is 5.29. The standard InChI is InChI=1S/C5H11NOS/c6-8-4-5-2-1-3-7-5/h5H,1-4,6H2. The van der Waals surface area contributed by atoms with Gasteiger partial charge in [0.1, 0.15) is 0 Å². The minimum Gasteiger partial charge on any atom is -0.377 e. The molecule has 0 aromatic rings. The number of hydrogen-bond donors (Lipinski definition) is 1. The van der Waals surface area contributed by atoms with Crippen LogP contribution in [-0.2, 0) is 4.74 Å². The van der Waals surface area contributed by atoms with Crippen molar-refractivity contribution in [3.63, 3.8) is 0 Å². The fraction of sp³-hybridized carbons (Fsp3) is 1.00. The lowest BCUT2D eigenvalue weighted by Crippen LogP contribution is -2.09. The maximum Gasteiger partial charge on any atom is 0.0678 e. The smallest absolute Gasteiger partial charge is 0.0678 e. The molecular formula is C5H11NOS. The van der Waals surface area contributed by atoms with E-state index in [2.05, 4.69) is 0 Å². The SMILES string of the molecule is NSCC1CCCO1. The second-order valence-electron chi connectivity index (χ2n) is 1.97. The molecule has 2 nitrogen and oxygen atoms in total. The van der Waals surface area contributed by atoms with E-state index in [-0.39, 0.29) is 0 Å². The summed E-state index contributed by atoms with van der Waals surface area (Å²) in [6.07, 6.45) is 2.86. The first-order valence-corrected chi connectivity index (χ1v) is 3.91. The molecular weight excluding hydrogens is 122 g/mol. The van der Waals surface area contributed by atoms with Gasteiger partial charge in [-0.25, -0.2) is 0 Å². The fourth-order valence-corrected chi connectivity index (χ4v) is 1.36. The van der Waals surface area contributed by atoms with Gasteiger partial charge in [0, 0.05) is 12.4 Å². The average Bonchev–Trinajstić information content (AvgIpc) is 2.19. The van der Waals surface area contributed by atoms with Gasteiger partial charge in [0.05, 0.1) is 6.10 Å². The molecule has 1 saturated heterocycles. The highest BCUT2D eigenvalue weighted by molar-refractivity contribution is 7.97. The van der Waals surface area contributed by atoms with Gasteiger partial charge in [0.15, 0.2) is 0 Å². The Kier molecular flexibility index (Phi) is 2.66. The highest BCUT2D eigenvalue weighted by atomic mass is 32.2. The van der Waals surface area contributed by atoms with Crippen LogP contribution in [0, 0.1) is 0 Å². The predicted octanol–water partition coefficient (Wildman–Crippen LogP) is 0.772. The molecule has 1 atom stereocenters. The molecule has 48 valence electrons. The normalized spacial score (nSPS) is 28.9. The van der Waals surface area contributed by atoms with Gasteiger partial charge in [0.25, 0.3) is 0 Å². The molecule has 1 fully saturated rings. The van der Waals surface area contributed by atoms with Crippen molar-refractivity contribution in [2.75, 3.05) is 12.4 Å². The molecule has 8 heavy (non-hydrogen) atoms. The second-order valence-corrected chi connectivity index (χ2v) is 2.64. The van der Waals surface area contributed by atoms with Crippen LogP contribution < -0.4 is 5.14 Å². The average molecular weight is 133 g/mol. The second kappa shape index (κ2) is 3.33. The highest BCUT2D eigenvalue weighted by Gasteiger charge is 2.13. The van der Waals surface area contributed by atoms with Crippen molar-refractivity contribution in [1.29, 1.82) is 0 Å². The summed E-state index contributed by atoms with van der Waals surface area (Å²) in [4.78, 5) is 0. The van der Waals surface area contributed by atoms with E-state index in [0.29, 0.717) is 6.10 Å². The van der Waals surface area contributed by atoms with Crippen LogP contribution in [0.1, 0.15) is 12.8 Å². The molecule has 0 aromatic carbocycles. The molecule has 0 bridgehead atoms. The largest absolute Gasteiger partial charge is 0.377 e. The minimum absolute atomic E-state index is 0.449. The predicted molar refractivity (Wildman–Crippen MR) is 35.6 cm³/mol. The molecule has 0 saturated carbocycles. The quantitative estimate of drug-likeness (QED) is 0.565. The van der Waals surface area contributed by atoms with Crippen molar-refractivity contribution in [2.45, 2.75) is 18.9 Å². The topological polar surface area (TPSA) is 35.2 Å². The van der Waals surface area contributed by atoms with Crippen molar-refractivity contribution in [2.24, 2.45) is 5.14 Å². The Bertz CT molecular complexity index is 63.4. The molecule has 0 aromatic heterocycles. The Morgan fingerprint density at radius 2 is 2.62 bits per heavy atom. The van der Waals surface area contributed by atoms with Crippen LogP contribution in [0.3, 0.4) is 0 Å². The zero-order chi connectivity index (χ0) is 5.82. The third-order valence-corrected chi connectivity index (χ3v) is 1.87. The number of ether oxygens (including phenoxy) is 1. The zero-order valence-corrected chi connectivity index (χ0v) is 5.62. The number of rotatable bonds is 2. The summed E-state index contributed by atoms with van der Waals surface area (Å²) >= 11 is 1.37. The van der Waals surface area contributed by atoms with Crippen LogP contribution in [0.4, 0.5) is 0 Å². The van der Waals surface area contributed by atoms with Gasteiger partial charge in [-0.2, -0.15) is 0 Å². The van der Waals surface area contributed by atoms with Crippen LogP contribution >= 0.6 is 11.9 Å². The molecule has 0 radical (unpaired) electrons. The van der Waals surface area contributed by atoms with Gasteiger partial charge in [-0.1, -0.05) is 11.9 Å². The zero-order valence-electron chi connectivity index (χ0n) is 4.80. The first-order chi connectivity index (χ1) is 3.93. The van der Waals surface area contributed by atoms with E-state index in [0.717, 1.165) is 12.4 Å². The first kappa shape index (κ1) is 6.39. The first-order valence-electron chi connectivity index (χ1n) is 2.87. The summed E-state index contributed by atoms with van der Waals surface area (Å²) in [5.74, 6) is 0.958. The Morgan fingerprint density at radius 1 is 1.75 bits per heavy atom. The molecule has 3 heteroatoms. The third kappa shape index (κ3) is 1.65. The van der Waals surface area contributed by atoms with E-state index in [1.54, 1.807) is 0 Å². The van der Waals surface area contributed by atoms with Crippen LogP contribution in [0.25, 0.3) is 0 Å². The number of nitrogens with two attached hydrogens (primary N) is 1. The van der Waals surface area contributed by atoms with E-state index < -0.39 is 0 Å². The van der Waals surface area contributed by atoms with Crippen molar-refractivity contribution < 1.29 is 4.74 Å². The number of hydrogen-bond acceptors (Lipinski definition) is 3. The van der Waals surface area contributed by atoms with Gasteiger partial charge in [-0.3, -0.25) is 5.14 Å². The fourth-order valence-electron chi connectivity index (χ4n) is 0.883. The van der Waals surface area contributed by atoms with E-state index in [1.807, 2.05) is 0 Å². The van der Waals surface area contributed by atoms with Gasteiger partial charge < -0.3 is 4.74 Å². The molecule has 1 unspecified atom stereocenters.